The largest absolute Gasteiger partial charge is 0.481 e. The molecule has 5 atom stereocenters. The summed E-state index contributed by atoms with van der Waals surface area (Å²) < 4.78 is 0. The molecule has 0 spiro atoms. The Kier molecular flexibility index (Phi) is 2.68. The zero-order valence-electron chi connectivity index (χ0n) is 10.6. The molecule has 0 aromatic heterocycles. The molecular formula is C14H19NO3. The molecule has 2 aliphatic carbocycles. The molecule has 0 radical (unpaired) electrons. The van der Waals surface area contributed by atoms with Gasteiger partial charge in [-0.1, -0.05) is 19.1 Å². The summed E-state index contributed by atoms with van der Waals surface area (Å²) in [6.45, 7) is 3.73. The number of allylic oxidation sites excluding steroid dienone is 2. The SMILES string of the molecule is CC1CCN(C(=O)C2C3C=CC(C3)C2C(=O)O)C1. The monoisotopic (exact) mass is 249 g/mol. The second-order valence-electron chi connectivity index (χ2n) is 6.02. The Balaban J connectivity index is 1.80. The van der Waals surface area contributed by atoms with Crippen molar-refractivity contribution < 1.29 is 14.7 Å². The first-order valence-corrected chi connectivity index (χ1v) is 6.78. The van der Waals surface area contributed by atoms with E-state index in [4.69, 9.17) is 0 Å². The summed E-state index contributed by atoms with van der Waals surface area (Å²) in [5.41, 5.74) is 0. The average molecular weight is 249 g/mol. The van der Waals surface area contributed by atoms with E-state index in [0.717, 1.165) is 25.9 Å². The van der Waals surface area contributed by atoms with E-state index in [1.54, 1.807) is 0 Å². The Labute approximate surface area is 107 Å². The van der Waals surface area contributed by atoms with Crippen molar-refractivity contribution in [2.75, 3.05) is 13.1 Å². The lowest BCUT2D eigenvalue weighted by Crippen LogP contribution is -2.41. The lowest BCUT2D eigenvalue weighted by molar-refractivity contribution is -0.150. The minimum Gasteiger partial charge on any atom is -0.481 e. The van der Waals surface area contributed by atoms with E-state index in [-0.39, 0.29) is 23.7 Å². The minimum atomic E-state index is -0.808. The number of rotatable bonds is 2. The Morgan fingerprint density at radius 2 is 1.89 bits per heavy atom. The van der Waals surface area contributed by atoms with Crippen LogP contribution >= 0.6 is 0 Å². The Bertz CT molecular complexity index is 417. The molecule has 2 bridgehead atoms. The van der Waals surface area contributed by atoms with Crippen molar-refractivity contribution in [3.8, 4) is 0 Å². The van der Waals surface area contributed by atoms with E-state index < -0.39 is 11.9 Å². The molecule has 5 unspecified atom stereocenters. The number of carboxylic acids is 1. The van der Waals surface area contributed by atoms with Crippen LogP contribution in [0, 0.1) is 29.6 Å². The van der Waals surface area contributed by atoms with Gasteiger partial charge in [-0.25, -0.2) is 0 Å². The average Bonchev–Trinajstić information content (AvgIpc) is 3.01. The van der Waals surface area contributed by atoms with Crippen LogP contribution in [0.2, 0.25) is 0 Å². The van der Waals surface area contributed by atoms with Gasteiger partial charge in [0.05, 0.1) is 11.8 Å². The predicted octanol–water partition coefficient (Wildman–Crippen LogP) is 1.38. The highest BCUT2D eigenvalue weighted by Crippen LogP contribution is 2.49. The number of nitrogens with zero attached hydrogens (tertiary/aromatic N) is 1. The van der Waals surface area contributed by atoms with Crippen LogP contribution in [0.3, 0.4) is 0 Å². The highest BCUT2D eigenvalue weighted by molar-refractivity contribution is 5.87. The summed E-state index contributed by atoms with van der Waals surface area (Å²) in [6, 6.07) is 0. The van der Waals surface area contributed by atoms with Crippen LogP contribution in [-0.2, 0) is 9.59 Å². The highest BCUT2D eigenvalue weighted by atomic mass is 16.4. The van der Waals surface area contributed by atoms with Gasteiger partial charge < -0.3 is 10.0 Å². The molecule has 0 aromatic carbocycles. The maximum absolute atomic E-state index is 12.5. The molecule has 1 aliphatic heterocycles. The minimum absolute atomic E-state index is 0.0708. The second-order valence-corrected chi connectivity index (χ2v) is 6.02. The van der Waals surface area contributed by atoms with Crippen molar-refractivity contribution in [3.63, 3.8) is 0 Å². The lowest BCUT2D eigenvalue weighted by Gasteiger charge is -2.28. The van der Waals surface area contributed by atoms with Crippen molar-refractivity contribution in [1.29, 1.82) is 0 Å². The number of fused-ring (bicyclic) bond motifs is 2. The summed E-state index contributed by atoms with van der Waals surface area (Å²) in [4.78, 5) is 25.8. The van der Waals surface area contributed by atoms with Crippen molar-refractivity contribution >= 4 is 11.9 Å². The van der Waals surface area contributed by atoms with Gasteiger partial charge in [0.1, 0.15) is 0 Å². The first-order valence-electron chi connectivity index (χ1n) is 6.78. The van der Waals surface area contributed by atoms with E-state index in [1.807, 2.05) is 17.1 Å². The van der Waals surface area contributed by atoms with E-state index in [9.17, 15) is 14.7 Å². The number of hydrogen-bond acceptors (Lipinski definition) is 2. The first kappa shape index (κ1) is 11.8. The van der Waals surface area contributed by atoms with Gasteiger partial charge in [0, 0.05) is 13.1 Å². The van der Waals surface area contributed by atoms with Crippen LogP contribution in [0.4, 0.5) is 0 Å². The summed E-state index contributed by atoms with van der Waals surface area (Å²) >= 11 is 0. The maximum Gasteiger partial charge on any atom is 0.307 e. The fraction of sp³-hybridized carbons (Fsp3) is 0.714. The van der Waals surface area contributed by atoms with Crippen LogP contribution in [0.25, 0.3) is 0 Å². The fourth-order valence-electron chi connectivity index (χ4n) is 3.84. The molecule has 1 N–H and O–H groups in total. The molecular weight excluding hydrogens is 230 g/mol. The molecule has 2 fully saturated rings. The standard InChI is InChI=1S/C14H19NO3/c1-8-4-5-15(7-8)13(16)11-9-2-3-10(6-9)12(11)14(17)18/h2-3,8-12H,4-7H2,1H3,(H,17,18). The Hall–Kier alpha value is -1.32. The zero-order valence-corrected chi connectivity index (χ0v) is 10.6. The van der Waals surface area contributed by atoms with Gasteiger partial charge in [-0.05, 0) is 30.6 Å². The summed E-state index contributed by atoms with van der Waals surface area (Å²) in [7, 11) is 0. The van der Waals surface area contributed by atoms with Crippen molar-refractivity contribution in [1.82, 2.24) is 4.90 Å². The Morgan fingerprint density at radius 3 is 2.44 bits per heavy atom. The Morgan fingerprint density at radius 1 is 1.22 bits per heavy atom. The van der Waals surface area contributed by atoms with Gasteiger partial charge >= 0.3 is 5.97 Å². The van der Waals surface area contributed by atoms with Crippen molar-refractivity contribution in [2.24, 2.45) is 29.6 Å². The number of likely N-dealkylation sites (tertiary alicyclic amines) is 1. The normalized spacial score (nSPS) is 41.6. The third kappa shape index (κ3) is 1.66. The van der Waals surface area contributed by atoms with E-state index in [0.29, 0.717) is 5.92 Å². The molecule has 3 aliphatic rings. The van der Waals surface area contributed by atoms with Crippen LogP contribution in [0.15, 0.2) is 12.2 Å². The number of aliphatic carboxylic acids is 1. The number of carboxylic acid groups (broad SMARTS) is 1. The molecule has 1 amide bonds. The first-order chi connectivity index (χ1) is 8.58. The molecule has 1 saturated carbocycles. The van der Waals surface area contributed by atoms with Gasteiger partial charge in [0.2, 0.25) is 5.91 Å². The summed E-state index contributed by atoms with van der Waals surface area (Å²) in [6.07, 6.45) is 5.92. The van der Waals surface area contributed by atoms with Gasteiger partial charge in [-0.3, -0.25) is 9.59 Å². The summed E-state index contributed by atoms with van der Waals surface area (Å²) in [5, 5.41) is 9.34. The van der Waals surface area contributed by atoms with E-state index in [1.165, 1.54) is 0 Å². The summed E-state index contributed by atoms with van der Waals surface area (Å²) in [5.74, 6) is -0.778. The molecule has 3 rings (SSSR count). The molecule has 0 aromatic rings. The van der Waals surface area contributed by atoms with Crippen LogP contribution in [0.5, 0.6) is 0 Å². The molecule has 4 nitrogen and oxygen atoms in total. The number of hydrogen-bond donors (Lipinski definition) is 1. The number of carbonyl (C=O) groups excluding carboxylic acids is 1. The highest BCUT2D eigenvalue weighted by Gasteiger charge is 2.52. The zero-order chi connectivity index (χ0) is 12.9. The van der Waals surface area contributed by atoms with Crippen molar-refractivity contribution in [3.05, 3.63) is 12.2 Å². The second kappa shape index (κ2) is 4.11. The molecule has 1 heterocycles. The van der Waals surface area contributed by atoms with E-state index in [2.05, 4.69) is 6.92 Å². The topological polar surface area (TPSA) is 57.6 Å². The third-order valence-electron chi connectivity index (χ3n) is 4.77. The van der Waals surface area contributed by atoms with Gasteiger partial charge in [0.25, 0.3) is 0 Å². The quantitative estimate of drug-likeness (QED) is 0.752. The smallest absolute Gasteiger partial charge is 0.307 e. The predicted molar refractivity (Wildman–Crippen MR) is 65.7 cm³/mol. The molecule has 98 valence electrons. The molecule has 18 heavy (non-hydrogen) atoms. The molecule has 1 saturated heterocycles. The number of carbonyl (C=O) groups is 2. The molecule has 4 heteroatoms. The van der Waals surface area contributed by atoms with Gasteiger partial charge in [-0.2, -0.15) is 0 Å². The van der Waals surface area contributed by atoms with Crippen LogP contribution in [0.1, 0.15) is 19.8 Å². The van der Waals surface area contributed by atoms with Crippen LogP contribution in [-0.4, -0.2) is 35.0 Å². The van der Waals surface area contributed by atoms with Crippen LogP contribution < -0.4 is 0 Å². The lowest BCUT2D eigenvalue weighted by atomic mass is 9.82. The van der Waals surface area contributed by atoms with Crippen molar-refractivity contribution in [2.45, 2.75) is 19.8 Å². The number of amides is 1. The van der Waals surface area contributed by atoms with Gasteiger partial charge in [-0.15, -0.1) is 0 Å². The van der Waals surface area contributed by atoms with E-state index >= 15 is 0 Å². The fourth-order valence-corrected chi connectivity index (χ4v) is 3.84. The maximum atomic E-state index is 12.5. The van der Waals surface area contributed by atoms with Gasteiger partial charge in [0.15, 0.2) is 0 Å². The third-order valence-corrected chi connectivity index (χ3v) is 4.77.